The molecule has 0 spiro atoms. The Balaban J connectivity index is 1.11. The number of aromatic amines is 1. The molecule has 9 heteroatoms. The minimum atomic E-state index is -0.297. The molecule has 2 aromatic heterocycles. The molecule has 6 rings (SSSR count). The van der Waals surface area contributed by atoms with Crippen LogP contribution in [0.3, 0.4) is 0 Å². The Morgan fingerprint density at radius 1 is 1.09 bits per heavy atom. The maximum absolute atomic E-state index is 13.4. The van der Waals surface area contributed by atoms with Crippen LogP contribution in [-0.2, 0) is 22.5 Å². The van der Waals surface area contributed by atoms with E-state index in [1.54, 1.807) is 11.7 Å². The van der Waals surface area contributed by atoms with Crippen molar-refractivity contribution in [3.8, 4) is 5.69 Å². The van der Waals surface area contributed by atoms with Crippen LogP contribution >= 0.6 is 0 Å². The van der Waals surface area contributed by atoms with E-state index >= 15 is 0 Å². The van der Waals surface area contributed by atoms with Crippen LogP contribution < -0.4 is 11.4 Å². The van der Waals surface area contributed by atoms with Crippen LogP contribution in [0.25, 0.3) is 27.8 Å². The van der Waals surface area contributed by atoms with Gasteiger partial charge in [0.25, 0.3) is 0 Å². The monoisotopic (exact) mass is 594 g/mol. The number of nitrogens with two attached hydrogens (primary N) is 1. The van der Waals surface area contributed by atoms with Gasteiger partial charge in [-0.05, 0) is 92.6 Å². The van der Waals surface area contributed by atoms with E-state index in [9.17, 15) is 9.59 Å². The Bertz CT molecular complexity index is 1830. The number of methoxy groups -OCH3 is 1. The number of aryl methyl sites for hydroxylation is 3. The van der Waals surface area contributed by atoms with Gasteiger partial charge >= 0.3 is 5.69 Å². The van der Waals surface area contributed by atoms with Gasteiger partial charge in [-0.1, -0.05) is 24.3 Å². The number of nitrogens with one attached hydrogen (secondary N) is 1. The fraction of sp³-hybridized carbons (Fsp3) is 0.400. The van der Waals surface area contributed by atoms with E-state index in [4.69, 9.17) is 15.5 Å². The van der Waals surface area contributed by atoms with Crippen LogP contribution in [-0.4, -0.2) is 62.8 Å². The largest absolute Gasteiger partial charge is 0.385 e. The third-order valence-electron chi connectivity index (χ3n) is 8.98. The van der Waals surface area contributed by atoms with E-state index in [0.29, 0.717) is 26.0 Å². The van der Waals surface area contributed by atoms with Gasteiger partial charge in [-0.25, -0.2) is 9.78 Å². The fourth-order valence-electron chi connectivity index (χ4n) is 6.55. The van der Waals surface area contributed by atoms with Crippen molar-refractivity contribution in [3.05, 3.63) is 93.7 Å². The molecule has 1 aliphatic heterocycles. The number of hydrogen-bond acceptors (Lipinski definition) is 5. The highest BCUT2D eigenvalue weighted by molar-refractivity contribution is 5.79. The average Bonchev–Trinajstić information content (AvgIpc) is 3.54. The number of ether oxygens (including phenoxy) is 1. The number of likely N-dealkylation sites (tertiary alicyclic amines) is 1. The quantitative estimate of drug-likeness (QED) is 0.222. The van der Waals surface area contributed by atoms with Gasteiger partial charge < -0.3 is 24.9 Å². The summed E-state index contributed by atoms with van der Waals surface area (Å²) in [6.07, 6.45) is 3.74. The zero-order valence-corrected chi connectivity index (χ0v) is 25.9. The highest BCUT2D eigenvalue weighted by atomic mass is 16.5. The summed E-state index contributed by atoms with van der Waals surface area (Å²) in [7, 11) is 1.73. The molecule has 230 valence electrons. The van der Waals surface area contributed by atoms with Crippen molar-refractivity contribution < 1.29 is 9.53 Å². The number of hydrogen-bond donors (Lipinski definition) is 2. The summed E-state index contributed by atoms with van der Waals surface area (Å²) in [5.41, 5.74) is 14.3. The van der Waals surface area contributed by atoms with E-state index in [1.165, 1.54) is 0 Å². The predicted molar refractivity (Wildman–Crippen MR) is 174 cm³/mol. The molecule has 2 atom stereocenters. The molecular weight excluding hydrogens is 552 g/mol. The number of carbonyl (C=O) groups is 1. The zero-order valence-electron chi connectivity index (χ0n) is 25.9. The van der Waals surface area contributed by atoms with Crippen molar-refractivity contribution in [3.63, 3.8) is 0 Å². The number of rotatable bonds is 10. The minimum Gasteiger partial charge on any atom is -0.385 e. The first-order chi connectivity index (χ1) is 21.3. The number of carbonyl (C=O) groups excluding carboxylic acids is 1. The Morgan fingerprint density at radius 2 is 1.86 bits per heavy atom. The number of nitrogens with zero attached hydrogens (tertiary/aromatic N) is 4. The Morgan fingerprint density at radius 3 is 2.66 bits per heavy atom. The summed E-state index contributed by atoms with van der Waals surface area (Å²) in [5.74, 6) is 1.34. The Labute approximate surface area is 257 Å². The summed E-state index contributed by atoms with van der Waals surface area (Å²) in [6.45, 7) is 7.03. The molecule has 3 aromatic carbocycles. The third-order valence-corrected chi connectivity index (χ3v) is 8.98. The summed E-state index contributed by atoms with van der Waals surface area (Å²) in [6, 6.07) is 19.9. The van der Waals surface area contributed by atoms with E-state index < -0.39 is 0 Å². The number of imidazole rings is 2. The van der Waals surface area contributed by atoms with Gasteiger partial charge in [-0.2, -0.15) is 0 Å². The number of para-hydroxylation sites is 2. The molecule has 1 amide bonds. The Hall–Kier alpha value is -4.21. The number of benzene rings is 3. The average molecular weight is 595 g/mol. The van der Waals surface area contributed by atoms with Gasteiger partial charge in [-0.3, -0.25) is 9.36 Å². The van der Waals surface area contributed by atoms with Gasteiger partial charge in [0.1, 0.15) is 5.82 Å². The second kappa shape index (κ2) is 12.8. The molecule has 1 aliphatic rings. The number of aromatic nitrogens is 4. The van der Waals surface area contributed by atoms with E-state index in [-0.39, 0.29) is 23.6 Å². The highest BCUT2D eigenvalue weighted by Crippen LogP contribution is 2.30. The molecule has 0 aliphatic carbocycles. The van der Waals surface area contributed by atoms with Gasteiger partial charge in [0.2, 0.25) is 5.91 Å². The van der Waals surface area contributed by atoms with Crippen LogP contribution in [0.1, 0.15) is 54.1 Å². The Kier molecular flexibility index (Phi) is 8.68. The molecule has 0 saturated carbocycles. The smallest absolute Gasteiger partial charge is 0.331 e. The van der Waals surface area contributed by atoms with Crippen molar-refractivity contribution in [1.82, 2.24) is 24.0 Å². The maximum Gasteiger partial charge on any atom is 0.331 e. The van der Waals surface area contributed by atoms with Crippen molar-refractivity contribution in [2.45, 2.75) is 64.5 Å². The molecule has 5 aromatic rings. The lowest BCUT2D eigenvalue weighted by molar-refractivity contribution is -0.132. The van der Waals surface area contributed by atoms with Crippen LogP contribution in [0.2, 0.25) is 0 Å². The van der Waals surface area contributed by atoms with Gasteiger partial charge in [0.15, 0.2) is 0 Å². The molecule has 44 heavy (non-hydrogen) atoms. The lowest BCUT2D eigenvalue weighted by atomic mass is 9.96. The summed E-state index contributed by atoms with van der Waals surface area (Å²) < 4.78 is 9.32. The lowest BCUT2D eigenvalue weighted by Gasteiger charge is -2.33. The third kappa shape index (κ3) is 6.07. The van der Waals surface area contributed by atoms with Crippen LogP contribution in [0.15, 0.2) is 65.5 Å². The molecule has 3 heterocycles. The zero-order chi connectivity index (χ0) is 30.8. The SMILES string of the molecule is COCCCn1c(C2CCCN(C(=O)CC(N)Cc3ccc(-n4c(=O)[nH]c5cc(C)c(C)cc54)cc3)C2)nc2ccccc21. The van der Waals surface area contributed by atoms with E-state index in [2.05, 4.69) is 27.8 Å². The molecule has 3 N–H and O–H groups in total. The molecule has 1 saturated heterocycles. The topological polar surface area (TPSA) is 111 Å². The number of amides is 1. The molecule has 2 unspecified atom stereocenters. The van der Waals surface area contributed by atoms with Crippen molar-refractivity contribution in [2.24, 2.45) is 5.73 Å². The summed E-state index contributed by atoms with van der Waals surface area (Å²) in [5, 5.41) is 0. The van der Waals surface area contributed by atoms with Crippen molar-refractivity contribution in [2.75, 3.05) is 26.8 Å². The normalized spacial score (nSPS) is 16.2. The van der Waals surface area contributed by atoms with Crippen LogP contribution in [0.4, 0.5) is 0 Å². The first kappa shape index (κ1) is 29.8. The van der Waals surface area contributed by atoms with Crippen LogP contribution in [0.5, 0.6) is 0 Å². The van der Waals surface area contributed by atoms with E-state index in [0.717, 1.165) is 82.6 Å². The van der Waals surface area contributed by atoms with Gasteiger partial charge in [0, 0.05) is 51.7 Å². The number of H-pyrrole nitrogens is 1. The highest BCUT2D eigenvalue weighted by Gasteiger charge is 2.29. The van der Waals surface area contributed by atoms with Crippen molar-refractivity contribution in [1.29, 1.82) is 0 Å². The second-order valence-electron chi connectivity index (χ2n) is 12.2. The summed E-state index contributed by atoms with van der Waals surface area (Å²) in [4.78, 5) is 36.2. The standard InChI is InChI=1S/C35H42N6O3/c1-23-18-30-32(19-24(23)2)41(35(43)38-30)28-13-11-25(12-14-28)20-27(36)21-33(42)39-15-6-8-26(22-39)34-37-29-9-4-5-10-31(29)40(34)16-7-17-44-3/h4-5,9-14,18-19,26-27H,6-8,15-17,20-22,36H2,1-3H3,(H,38,43). The lowest BCUT2D eigenvalue weighted by Crippen LogP contribution is -2.42. The number of fused-ring (bicyclic) bond motifs is 2. The first-order valence-electron chi connectivity index (χ1n) is 15.6. The molecule has 0 radical (unpaired) electrons. The van der Waals surface area contributed by atoms with Gasteiger partial charge in [-0.15, -0.1) is 0 Å². The maximum atomic E-state index is 13.4. The minimum absolute atomic E-state index is 0.0943. The van der Waals surface area contributed by atoms with E-state index in [1.807, 2.05) is 61.2 Å². The van der Waals surface area contributed by atoms with Crippen LogP contribution in [0, 0.1) is 13.8 Å². The molecule has 9 nitrogen and oxygen atoms in total. The molecular formula is C35H42N6O3. The summed E-state index contributed by atoms with van der Waals surface area (Å²) >= 11 is 0. The molecule has 0 bridgehead atoms. The van der Waals surface area contributed by atoms with Crippen molar-refractivity contribution >= 4 is 28.0 Å². The molecule has 1 fully saturated rings. The predicted octanol–water partition coefficient (Wildman–Crippen LogP) is 4.99. The first-order valence-corrected chi connectivity index (χ1v) is 15.6. The number of piperidine rings is 1. The fourth-order valence-corrected chi connectivity index (χ4v) is 6.55. The second-order valence-corrected chi connectivity index (χ2v) is 12.2. The van der Waals surface area contributed by atoms with Gasteiger partial charge in [0.05, 0.1) is 27.8 Å².